The molecule has 1 aromatic heterocycles. The van der Waals surface area contributed by atoms with Gasteiger partial charge in [-0.1, -0.05) is 17.7 Å². The van der Waals surface area contributed by atoms with E-state index in [9.17, 15) is 4.79 Å². The van der Waals surface area contributed by atoms with Crippen LogP contribution < -0.4 is 10.1 Å². The van der Waals surface area contributed by atoms with Crippen molar-refractivity contribution in [2.75, 3.05) is 7.11 Å². The first-order valence-corrected chi connectivity index (χ1v) is 8.04. The molecule has 0 atom stereocenters. The third-order valence-corrected chi connectivity index (χ3v) is 4.44. The fourth-order valence-corrected chi connectivity index (χ4v) is 2.95. The molecular weight excluding hydrogens is 324 g/mol. The van der Waals surface area contributed by atoms with E-state index >= 15 is 0 Å². The molecule has 1 heterocycles. The lowest BCUT2D eigenvalue weighted by atomic mass is 10.1. The average Bonchev–Trinajstić information content (AvgIpc) is 2.86. The normalized spacial score (nSPS) is 10.8. The molecule has 0 spiro atoms. The van der Waals surface area contributed by atoms with Crippen LogP contribution in [0, 0.1) is 6.92 Å². The van der Waals surface area contributed by atoms with Crippen LogP contribution in [0.25, 0.3) is 10.9 Å². The Morgan fingerprint density at radius 1 is 1.21 bits per heavy atom. The van der Waals surface area contributed by atoms with E-state index in [1.807, 2.05) is 13.1 Å². The number of nitrogens with one attached hydrogen (secondary N) is 1. The highest BCUT2D eigenvalue weighted by Gasteiger charge is 2.13. The maximum Gasteiger partial charge on any atom is 0.255 e. The van der Waals surface area contributed by atoms with Crippen LogP contribution in [0.1, 0.15) is 21.6 Å². The predicted octanol–water partition coefficient (Wildman–Crippen LogP) is 4.08. The van der Waals surface area contributed by atoms with E-state index in [1.54, 1.807) is 18.2 Å². The Morgan fingerprint density at radius 2 is 2.00 bits per heavy atom. The maximum absolute atomic E-state index is 12.4. The second-order valence-electron chi connectivity index (χ2n) is 5.77. The smallest absolute Gasteiger partial charge is 0.255 e. The number of fused-ring (bicyclic) bond motifs is 1. The van der Waals surface area contributed by atoms with Gasteiger partial charge in [-0.25, -0.2) is 0 Å². The molecule has 0 saturated heterocycles. The lowest BCUT2D eigenvalue weighted by molar-refractivity contribution is 0.0948. The van der Waals surface area contributed by atoms with Crippen LogP contribution in [-0.2, 0) is 13.6 Å². The lowest BCUT2D eigenvalue weighted by Crippen LogP contribution is -2.23. The topological polar surface area (TPSA) is 43.3 Å². The first kappa shape index (κ1) is 16.4. The number of nitrogens with zero attached hydrogens (tertiary/aromatic N) is 1. The molecule has 1 N–H and O–H groups in total. The van der Waals surface area contributed by atoms with Crippen molar-refractivity contribution in [3.05, 3.63) is 64.3 Å². The summed E-state index contributed by atoms with van der Waals surface area (Å²) in [6.07, 6.45) is 0. The molecule has 24 heavy (non-hydrogen) atoms. The molecule has 0 aliphatic rings. The van der Waals surface area contributed by atoms with Crippen molar-refractivity contribution in [1.82, 2.24) is 9.88 Å². The van der Waals surface area contributed by atoms with Gasteiger partial charge in [0.05, 0.1) is 12.7 Å². The van der Waals surface area contributed by atoms with Crippen LogP contribution in [-0.4, -0.2) is 17.6 Å². The summed E-state index contributed by atoms with van der Waals surface area (Å²) in [5.41, 5.74) is 3.86. The van der Waals surface area contributed by atoms with Crippen molar-refractivity contribution in [2.45, 2.75) is 13.5 Å². The molecule has 0 fully saturated rings. The largest absolute Gasteiger partial charge is 0.496 e. The Hall–Kier alpha value is -2.46. The molecule has 5 heteroatoms. The molecule has 0 radical (unpaired) electrons. The van der Waals surface area contributed by atoms with Gasteiger partial charge >= 0.3 is 0 Å². The fraction of sp³-hybridized carbons (Fsp3) is 0.211. The zero-order chi connectivity index (χ0) is 17.3. The molecule has 0 aliphatic heterocycles. The minimum atomic E-state index is -0.210. The summed E-state index contributed by atoms with van der Waals surface area (Å²) < 4.78 is 7.37. The van der Waals surface area contributed by atoms with Gasteiger partial charge in [-0.05, 0) is 48.9 Å². The van der Waals surface area contributed by atoms with Gasteiger partial charge in [-0.3, -0.25) is 4.79 Å². The van der Waals surface area contributed by atoms with Gasteiger partial charge in [0.2, 0.25) is 0 Å². The van der Waals surface area contributed by atoms with Gasteiger partial charge in [0.1, 0.15) is 5.75 Å². The number of amides is 1. The van der Waals surface area contributed by atoms with E-state index in [0.29, 0.717) is 22.9 Å². The number of carbonyl (C=O) groups is 1. The molecule has 0 aliphatic carbocycles. The van der Waals surface area contributed by atoms with Gasteiger partial charge in [0, 0.05) is 35.2 Å². The van der Waals surface area contributed by atoms with Crippen molar-refractivity contribution in [3.63, 3.8) is 0 Å². The molecule has 2 aromatic carbocycles. The molecule has 0 bridgehead atoms. The van der Waals surface area contributed by atoms with Crippen LogP contribution in [0.4, 0.5) is 0 Å². The maximum atomic E-state index is 12.4. The molecule has 3 aromatic rings. The molecule has 0 saturated carbocycles. The number of rotatable bonds is 4. The summed E-state index contributed by atoms with van der Waals surface area (Å²) in [7, 11) is 3.58. The van der Waals surface area contributed by atoms with Crippen molar-refractivity contribution >= 4 is 28.4 Å². The van der Waals surface area contributed by atoms with Gasteiger partial charge in [0.25, 0.3) is 5.91 Å². The zero-order valence-corrected chi connectivity index (χ0v) is 14.6. The molecule has 4 nitrogen and oxygen atoms in total. The van der Waals surface area contributed by atoms with E-state index in [0.717, 1.165) is 5.56 Å². The standard InChI is InChI=1S/C19H19ClN2O2/c1-12-8-14-9-13(4-6-17(14)22(12)2)11-21-19(23)16-10-15(20)5-7-18(16)24-3/h4-10H,11H2,1-3H3,(H,21,23). The van der Waals surface area contributed by atoms with E-state index in [2.05, 4.69) is 35.0 Å². The van der Waals surface area contributed by atoms with Crippen molar-refractivity contribution < 1.29 is 9.53 Å². The number of benzene rings is 2. The van der Waals surface area contributed by atoms with Crippen LogP contribution in [0.2, 0.25) is 5.02 Å². The van der Waals surface area contributed by atoms with Crippen molar-refractivity contribution in [3.8, 4) is 5.75 Å². The summed E-state index contributed by atoms with van der Waals surface area (Å²) in [6.45, 7) is 2.52. The first-order chi connectivity index (χ1) is 11.5. The Bertz CT molecular complexity index is 915. The van der Waals surface area contributed by atoms with Crippen LogP contribution in [0.15, 0.2) is 42.5 Å². The van der Waals surface area contributed by atoms with Crippen LogP contribution in [0.3, 0.4) is 0 Å². The Morgan fingerprint density at radius 3 is 2.75 bits per heavy atom. The summed E-state index contributed by atoms with van der Waals surface area (Å²) >= 11 is 5.98. The minimum absolute atomic E-state index is 0.210. The highest BCUT2D eigenvalue weighted by Crippen LogP contribution is 2.23. The molecular formula is C19H19ClN2O2. The van der Waals surface area contributed by atoms with Crippen molar-refractivity contribution in [2.24, 2.45) is 7.05 Å². The zero-order valence-electron chi connectivity index (χ0n) is 13.9. The monoisotopic (exact) mass is 342 g/mol. The Labute approximate surface area is 146 Å². The number of aryl methyl sites for hydroxylation is 2. The predicted molar refractivity (Wildman–Crippen MR) is 96.8 cm³/mol. The number of carbonyl (C=O) groups excluding carboxylic acids is 1. The second kappa shape index (κ2) is 6.57. The second-order valence-corrected chi connectivity index (χ2v) is 6.20. The fourth-order valence-electron chi connectivity index (χ4n) is 2.78. The Balaban J connectivity index is 1.78. The summed E-state index contributed by atoms with van der Waals surface area (Å²) in [6, 6.07) is 13.3. The van der Waals surface area contributed by atoms with Crippen molar-refractivity contribution in [1.29, 1.82) is 0 Å². The molecule has 0 unspecified atom stereocenters. The highest BCUT2D eigenvalue weighted by atomic mass is 35.5. The third kappa shape index (κ3) is 3.10. The number of hydrogen-bond acceptors (Lipinski definition) is 2. The van der Waals surface area contributed by atoms with Gasteiger partial charge in [-0.15, -0.1) is 0 Å². The SMILES string of the molecule is COc1ccc(Cl)cc1C(=O)NCc1ccc2c(c1)cc(C)n2C. The Kier molecular flexibility index (Phi) is 4.49. The van der Waals surface area contributed by atoms with Crippen LogP contribution in [0.5, 0.6) is 5.75 Å². The number of halogens is 1. The average molecular weight is 343 g/mol. The molecule has 124 valence electrons. The van der Waals surface area contributed by atoms with E-state index in [4.69, 9.17) is 16.3 Å². The minimum Gasteiger partial charge on any atom is -0.496 e. The van der Waals surface area contributed by atoms with Gasteiger partial charge in [0.15, 0.2) is 0 Å². The number of hydrogen-bond donors (Lipinski definition) is 1. The van der Waals surface area contributed by atoms with E-state index in [-0.39, 0.29) is 5.91 Å². The van der Waals surface area contributed by atoms with E-state index < -0.39 is 0 Å². The quantitative estimate of drug-likeness (QED) is 0.776. The van der Waals surface area contributed by atoms with Gasteiger partial charge in [-0.2, -0.15) is 0 Å². The van der Waals surface area contributed by atoms with Gasteiger partial charge < -0.3 is 14.6 Å². The number of ether oxygens (including phenoxy) is 1. The molecule has 3 rings (SSSR count). The third-order valence-electron chi connectivity index (χ3n) is 4.21. The van der Waals surface area contributed by atoms with Crippen LogP contribution >= 0.6 is 11.6 Å². The number of methoxy groups -OCH3 is 1. The summed E-state index contributed by atoms with van der Waals surface area (Å²) in [5, 5.41) is 4.59. The lowest BCUT2D eigenvalue weighted by Gasteiger charge is -2.10. The summed E-state index contributed by atoms with van der Waals surface area (Å²) in [4.78, 5) is 12.4. The number of aromatic nitrogens is 1. The molecule has 1 amide bonds. The van der Waals surface area contributed by atoms with E-state index in [1.165, 1.54) is 23.7 Å². The first-order valence-electron chi connectivity index (χ1n) is 7.66. The highest BCUT2D eigenvalue weighted by molar-refractivity contribution is 6.31. The summed E-state index contributed by atoms with van der Waals surface area (Å²) in [5.74, 6) is 0.296.